The predicted octanol–water partition coefficient (Wildman–Crippen LogP) is 2.46. The lowest BCUT2D eigenvalue weighted by Gasteiger charge is -2.07. The van der Waals surface area contributed by atoms with Gasteiger partial charge in [-0.1, -0.05) is 18.2 Å². The minimum atomic E-state index is -0.556. The largest absolute Gasteiger partial charge is 0.352 e. The van der Waals surface area contributed by atoms with E-state index in [2.05, 4.69) is 5.32 Å². The molecular weight excluding hydrogens is 301 g/mol. The summed E-state index contributed by atoms with van der Waals surface area (Å²) in [5.74, 6) is -0.887. The van der Waals surface area contributed by atoms with Gasteiger partial charge in [-0.2, -0.15) is 5.26 Å². The molecule has 0 fully saturated rings. The molecule has 2 aromatic rings. The van der Waals surface area contributed by atoms with Crippen LogP contribution in [0.2, 0.25) is 0 Å². The van der Waals surface area contributed by atoms with Crippen LogP contribution in [0, 0.1) is 27.3 Å². The molecule has 2 aromatic carbocycles. The van der Waals surface area contributed by atoms with E-state index in [-0.39, 0.29) is 35.7 Å². The summed E-state index contributed by atoms with van der Waals surface area (Å²) in [6, 6.07) is 11.5. The Balaban J connectivity index is 1.92. The standard InChI is InChI=1S/C16H12FN3O3/c17-15-7-12(9-18)1-4-13(15)10-19-16(21)8-11-2-5-14(6-3-11)20(22)23/h1-7H,8,10H2,(H,19,21). The van der Waals surface area contributed by atoms with Gasteiger partial charge in [0.15, 0.2) is 0 Å². The summed E-state index contributed by atoms with van der Waals surface area (Å²) < 4.78 is 13.7. The van der Waals surface area contributed by atoms with E-state index in [0.717, 1.165) is 6.07 Å². The molecule has 6 nitrogen and oxygen atoms in total. The fourth-order valence-corrected chi connectivity index (χ4v) is 1.94. The molecule has 7 heteroatoms. The zero-order valence-electron chi connectivity index (χ0n) is 12.0. The lowest BCUT2D eigenvalue weighted by atomic mass is 10.1. The van der Waals surface area contributed by atoms with E-state index in [1.165, 1.54) is 36.4 Å². The van der Waals surface area contributed by atoms with Crippen molar-refractivity contribution >= 4 is 11.6 Å². The number of nitro benzene ring substituents is 1. The summed E-state index contributed by atoms with van der Waals surface area (Å²) in [5, 5.41) is 21.8. The van der Waals surface area contributed by atoms with Crippen LogP contribution in [-0.2, 0) is 17.8 Å². The van der Waals surface area contributed by atoms with Gasteiger partial charge in [-0.15, -0.1) is 0 Å². The van der Waals surface area contributed by atoms with E-state index in [1.54, 1.807) is 0 Å². The molecule has 0 radical (unpaired) electrons. The van der Waals surface area contributed by atoms with Crippen molar-refractivity contribution in [3.8, 4) is 6.07 Å². The number of rotatable bonds is 5. The average molecular weight is 313 g/mol. The first-order chi connectivity index (χ1) is 11.0. The minimum absolute atomic E-state index is 0.00333. The maximum Gasteiger partial charge on any atom is 0.269 e. The van der Waals surface area contributed by atoms with Gasteiger partial charge in [-0.05, 0) is 17.7 Å². The molecule has 0 aliphatic heterocycles. The van der Waals surface area contributed by atoms with Crippen molar-refractivity contribution in [2.24, 2.45) is 0 Å². The summed E-state index contributed by atoms with van der Waals surface area (Å²) in [4.78, 5) is 21.8. The van der Waals surface area contributed by atoms with Gasteiger partial charge in [0.05, 0.1) is 23.0 Å². The van der Waals surface area contributed by atoms with Gasteiger partial charge in [0.2, 0.25) is 5.91 Å². The number of hydrogen-bond acceptors (Lipinski definition) is 4. The van der Waals surface area contributed by atoms with Gasteiger partial charge >= 0.3 is 0 Å². The smallest absolute Gasteiger partial charge is 0.269 e. The number of nitro groups is 1. The zero-order chi connectivity index (χ0) is 16.8. The van der Waals surface area contributed by atoms with Crippen molar-refractivity contribution in [2.75, 3.05) is 0 Å². The predicted molar refractivity (Wildman–Crippen MR) is 79.8 cm³/mol. The monoisotopic (exact) mass is 313 g/mol. The maximum absolute atomic E-state index is 13.7. The molecule has 2 rings (SSSR count). The third-order valence-corrected chi connectivity index (χ3v) is 3.17. The molecule has 23 heavy (non-hydrogen) atoms. The van der Waals surface area contributed by atoms with Crippen molar-refractivity contribution in [1.82, 2.24) is 5.32 Å². The second kappa shape index (κ2) is 7.13. The van der Waals surface area contributed by atoms with E-state index >= 15 is 0 Å². The number of hydrogen-bond donors (Lipinski definition) is 1. The van der Waals surface area contributed by atoms with Crippen LogP contribution in [0.3, 0.4) is 0 Å². The quantitative estimate of drug-likeness (QED) is 0.677. The summed E-state index contributed by atoms with van der Waals surface area (Å²) >= 11 is 0. The fourth-order valence-electron chi connectivity index (χ4n) is 1.94. The first kappa shape index (κ1) is 16.1. The SMILES string of the molecule is N#Cc1ccc(CNC(=O)Cc2ccc([N+](=O)[O-])cc2)c(F)c1. The average Bonchev–Trinajstić information content (AvgIpc) is 2.54. The highest BCUT2D eigenvalue weighted by Gasteiger charge is 2.09. The third kappa shape index (κ3) is 4.35. The highest BCUT2D eigenvalue weighted by Crippen LogP contribution is 2.13. The number of benzene rings is 2. The summed E-state index contributed by atoms with van der Waals surface area (Å²) in [7, 11) is 0. The van der Waals surface area contributed by atoms with Crippen LogP contribution in [0.1, 0.15) is 16.7 Å². The van der Waals surface area contributed by atoms with Crippen LogP contribution in [0.4, 0.5) is 10.1 Å². The lowest BCUT2D eigenvalue weighted by molar-refractivity contribution is -0.384. The second-order valence-corrected chi connectivity index (χ2v) is 4.80. The van der Waals surface area contributed by atoms with Crippen LogP contribution in [0.5, 0.6) is 0 Å². The molecule has 1 amide bonds. The first-order valence-electron chi connectivity index (χ1n) is 6.68. The molecule has 0 heterocycles. The molecule has 0 atom stereocenters. The van der Waals surface area contributed by atoms with Gasteiger partial charge in [0, 0.05) is 24.2 Å². The Morgan fingerprint density at radius 2 is 1.96 bits per heavy atom. The van der Waals surface area contributed by atoms with Gasteiger partial charge in [-0.3, -0.25) is 14.9 Å². The molecule has 0 unspecified atom stereocenters. The van der Waals surface area contributed by atoms with Crippen molar-refractivity contribution in [2.45, 2.75) is 13.0 Å². The lowest BCUT2D eigenvalue weighted by Crippen LogP contribution is -2.25. The molecule has 1 N–H and O–H groups in total. The Morgan fingerprint density at radius 3 is 2.52 bits per heavy atom. The number of non-ortho nitro benzene ring substituents is 1. The van der Waals surface area contributed by atoms with Crippen molar-refractivity contribution in [1.29, 1.82) is 5.26 Å². The molecule has 0 aliphatic carbocycles. The van der Waals surface area contributed by atoms with Crippen molar-refractivity contribution in [3.05, 3.63) is 75.1 Å². The van der Waals surface area contributed by atoms with E-state index in [0.29, 0.717) is 5.56 Å². The first-order valence-corrected chi connectivity index (χ1v) is 6.68. The van der Waals surface area contributed by atoms with Gasteiger partial charge < -0.3 is 5.32 Å². The van der Waals surface area contributed by atoms with Crippen LogP contribution in [0.15, 0.2) is 42.5 Å². The van der Waals surface area contributed by atoms with E-state index in [1.807, 2.05) is 6.07 Å². The molecule has 0 aliphatic rings. The highest BCUT2D eigenvalue weighted by atomic mass is 19.1. The Morgan fingerprint density at radius 1 is 1.26 bits per heavy atom. The molecule has 0 spiro atoms. The van der Waals surface area contributed by atoms with E-state index in [9.17, 15) is 19.3 Å². The topological polar surface area (TPSA) is 96.0 Å². The van der Waals surface area contributed by atoms with E-state index in [4.69, 9.17) is 5.26 Å². The van der Waals surface area contributed by atoms with Crippen LogP contribution >= 0.6 is 0 Å². The van der Waals surface area contributed by atoms with Gasteiger partial charge in [0.25, 0.3) is 5.69 Å². The molecule has 0 bridgehead atoms. The number of carbonyl (C=O) groups excluding carboxylic acids is 1. The third-order valence-electron chi connectivity index (χ3n) is 3.17. The Bertz CT molecular complexity index is 782. The van der Waals surface area contributed by atoms with Gasteiger partial charge in [0.1, 0.15) is 5.82 Å². The maximum atomic E-state index is 13.7. The molecular formula is C16H12FN3O3. The van der Waals surface area contributed by atoms with Crippen LogP contribution < -0.4 is 5.32 Å². The Kier molecular flexibility index (Phi) is 5.00. The fraction of sp³-hybridized carbons (Fsp3) is 0.125. The molecule has 0 saturated carbocycles. The van der Waals surface area contributed by atoms with Crippen LogP contribution in [0.25, 0.3) is 0 Å². The van der Waals surface area contributed by atoms with E-state index < -0.39 is 10.7 Å². The summed E-state index contributed by atoms with van der Waals surface area (Å²) in [6.45, 7) is 0.00333. The molecule has 0 aromatic heterocycles. The zero-order valence-corrected chi connectivity index (χ0v) is 12.0. The molecule has 0 saturated heterocycles. The normalized spacial score (nSPS) is 9.91. The Hall–Kier alpha value is -3.27. The summed E-state index contributed by atoms with van der Waals surface area (Å²) in [5.41, 5.74) is 1.06. The summed E-state index contributed by atoms with van der Waals surface area (Å²) in [6.07, 6.45) is 0.0376. The Labute approximate surface area is 131 Å². The minimum Gasteiger partial charge on any atom is -0.352 e. The number of carbonyl (C=O) groups is 1. The number of nitrogens with zero attached hydrogens (tertiary/aromatic N) is 2. The second-order valence-electron chi connectivity index (χ2n) is 4.80. The number of amides is 1. The highest BCUT2D eigenvalue weighted by molar-refractivity contribution is 5.78. The number of nitrogens with one attached hydrogen (secondary N) is 1. The number of nitriles is 1. The van der Waals surface area contributed by atoms with Crippen molar-refractivity contribution in [3.63, 3.8) is 0 Å². The molecule has 116 valence electrons. The van der Waals surface area contributed by atoms with Gasteiger partial charge in [-0.25, -0.2) is 4.39 Å². The van der Waals surface area contributed by atoms with Crippen molar-refractivity contribution < 1.29 is 14.1 Å². The number of halogens is 1. The van der Waals surface area contributed by atoms with Crippen LogP contribution in [-0.4, -0.2) is 10.8 Å².